The number of phenolic OH excluding ortho intramolecular Hbond substituents is 1. The second-order valence-corrected chi connectivity index (χ2v) is 8.66. The maximum atomic E-state index is 13.4. The van der Waals surface area contributed by atoms with Crippen LogP contribution in [-0.4, -0.2) is 33.4 Å². The van der Waals surface area contributed by atoms with Crippen LogP contribution in [0.25, 0.3) is 5.76 Å². The minimum Gasteiger partial charge on any atom is -0.507 e. The van der Waals surface area contributed by atoms with Gasteiger partial charge >= 0.3 is 0 Å². The molecule has 1 aliphatic rings. The molecule has 1 fully saturated rings. The third-order valence-electron chi connectivity index (χ3n) is 5.60. The van der Waals surface area contributed by atoms with E-state index in [1.807, 2.05) is 0 Å². The van der Waals surface area contributed by atoms with Crippen molar-refractivity contribution in [3.05, 3.63) is 98.8 Å². The van der Waals surface area contributed by atoms with E-state index in [9.17, 15) is 24.2 Å². The Kier molecular flexibility index (Phi) is 7.00. The molecule has 0 spiro atoms. The Morgan fingerprint density at radius 1 is 1.03 bits per heavy atom. The first-order valence-corrected chi connectivity index (χ1v) is 11.4. The molecule has 0 bridgehead atoms. The summed E-state index contributed by atoms with van der Waals surface area (Å²) in [7, 11) is 0. The number of aromatic hydroxyl groups is 1. The topological polar surface area (TPSA) is 87.1 Å². The molecule has 2 N–H and O–H groups in total. The minimum absolute atomic E-state index is 0.0139. The fourth-order valence-corrected chi connectivity index (χ4v) is 4.30. The number of amides is 1. The van der Waals surface area contributed by atoms with Crippen molar-refractivity contribution in [1.82, 2.24) is 4.90 Å². The largest absolute Gasteiger partial charge is 0.507 e. The molecule has 1 heterocycles. The van der Waals surface area contributed by atoms with Crippen LogP contribution in [0.4, 0.5) is 4.39 Å². The Bertz CT molecular complexity index is 1340. The highest BCUT2D eigenvalue weighted by atomic mass is 35.5. The predicted octanol–water partition coefficient (Wildman–Crippen LogP) is 5.86. The van der Waals surface area contributed by atoms with Gasteiger partial charge < -0.3 is 19.8 Å². The minimum atomic E-state index is -1.02. The van der Waals surface area contributed by atoms with Gasteiger partial charge in [0.1, 0.15) is 23.1 Å². The first-order valence-electron chi connectivity index (χ1n) is 10.6. The highest BCUT2D eigenvalue weighted by Gasteiger charge is 2.46. The van der Waals surface area contributed by atoms with Crippen LogP contribution in [-0.2, 0) is 16.1 Å². The molecule has 1 unspecified atom stereocenters. The quantitative estimate of drug-likeness (QED) is 0.244. The summed E-state index contributed by atoms with van der Waals surface area (Å²) in [6, 6.07) is 13.3. The molecular formula is C26H20Cl2FNO5. The molecule has 1 saturated heterocycles. The van der Waals surface area contributed by atoms with Gasteiger partial charge in [0.2, 0.25) is 0 Å². The number of carbonyl (C=O) groups excluding carboxylic acids is 2. The van der Waals surface area contributed by atoms with Crippen molar-refractivity contribution in [3.8, 4) is 11.5 Å². The molecule has 0 aliphatic carbocycles. The molecule has 3 aromatic rings. The highest BCUT2D eigenvalue weighted by Crippen LogP contribution is 2.42. The Morgan fingerprint density at radius 2 is 1.74 bits per heavy atom. The van der Waals surface area contributed by atoms with Gasteiger partial charge in [0.25, 0.3) is 11.7 Å². The number of likely N-dealkylation sites (tertiary alicyclic amines) is 1. The van der Waals surface area contributed by atoms with E-state index >= 15 is 0 Å². The lowest BCUT2D eigenvalue weighted by Crippen LogP contribution is -2.29. The average Bonchev–Trinajstić information content (AvgIpc) is 3.08. The van der Waals surface area contributed by atoms with Crippen LogP contribution in [0.1, 0.15) is 29.7 Å². The summed E-state index contributed by atoms with van der Waals surface area (Å²) in [5, 5.41) is 21.4. The van der Waals surface area contributed by atoms with E-state index in [0.29, 0.717) is 28.5 Å². The second kappa shape index (κ2) is 9.98. The maximum Gasteiger partial charge on any atom is 0.295 e. The van der Waals surface area contributed by atoms with Crippen molar-refractivity contribution in [2.45, 2.75) is 19.5 Å². The zero-order chi connectivity index (χ0) is 25.3. The molecule has 1 aliphatic heterocycles. The number of ether oxygens (including phenoxy) is 1. The van der Waals surface area contributed by atoms with E-state index in [0.717, 1.165) is 0 Å². The third kappa shape index (κ3) is 4.83. The monoisotopic (exact) mass is 515 g/mol. The van der Waals surface area contributed by atoms with E-state index in [2.05, 4.69) is 0 Å². The van der Waals surface area contributed by atoms with Gasteiger partial charge in [-0.05, 0) is 60.5 Å². The molecule has 3 aromatic carbocycles. The normalized spacial score (nSPS) is 17.1. The fraction of sp³-hybridized carbons (Fsp3) is 0.154. The average molecular weight is 516 g/mol. The van der Waals surface area contributed by atoms with E-state index < -0.39 is 29.3 Å². The van der Waals surface area contributed by atoms with Crippen LogP contribution in [0.3, 0.4) is 0 Å². The van der Waals surface area contributed by atoms with Crippen LogP contribution in [0.15, 0.2) is 66.2 Å². The van der Waals surface area contributed by atoms with Crippen LogP contribution in [0.2, 0.25) is 10.0 Å². The standard InChI is InChI=1S/C26H20Cl2FNO5/c1-2-35-21-12-16(5-9-18(21)27)24(32)22-23(15-6-10-20(31)19(28)11-15)30(26(34)25(22)33)13-14-3-7-17(29)8-4-14/h3-12,23,31-32H,2,13H2,1H3/b24-22-. The Labute approximate surface area is 210 Å². The third-order valence-corrected chi connectivity index (χ3v) is 6.21. The number of carbonyl (C=O) groups is 2. The molecule has 1 atom stereocenters. The number of ketones is 1. The van der Waals surface area contributed by atoms with Crippen molar-refractivity contribution in [2.24, 2.45) is 0 Å². The van der Waals surface area contributed by atoms with Gasteiger partial charge in [0.15, 0.2) is 0 Å². The molecule has 0 radical (unpaired) electrons. The molecule has 0 saturated carbocycles. The summed E-state index contributed by atoms with van der Waals surface area (Å²) in [4.78, 5) is 27.6. The Morgan fingerprint density at radius 3 is 2.40 bits per heavy atom. The van der Waals surface area contributed by atoms with Crippen molar-refractivity contribution >= 4 is 40.7 Å². The van der Waals surface area contributed by atoms with Gasteiger partial charge in [0, 0.05) is 12.1 Å². The number of rotatable bonds is 6. The summed E-state index contributed by atoms with van der Waals surface area (Å²) in [5.41, 5.74) is 1.04. The van der Waals surface area contributed by atoms with Gasteiger partial charge in [-0.1, -0.05) is 41.4 Å². The Hall–Kier alpha value is -3.55. The lowest BCUT2D eigenvalue weighted by Gasteiger charge is -2.25. The van der Waals surface area contributed by atoms with E-state index in [-0.39, 0.29) is 28.5 Å². The van der Waals surface area contributed by atoms with Gasteiger partial charge in [-0.25, -0.2) is 4.39 Å². The zero-order valence-corrected chi connectivity index (χ0v) is 20.0. The molecule has 4 rings (SSSR count). The summed E-state index contributed by atoms with van der Waals surface area (Å²) in [6.07, 6.45) is 0. The number of benzene rings is 3. The molecule has 180 valence electrons. The first-order chi connectivity index (χ1) is 16.7. The van der Waals surface area contributed by atoms with Crippen LogP contribution < -0.4 is 4.74 Å². The zero-order valence-electron chi connectivity index (χ0n) is 18.5. The summed E-state index contributed by atoms with van der Waals surface area (Å²) >= 11 is 12.3. The van der Waals surface area contributed by atoms with Gasteiger partial charge in [-0.15, -0.1) is 0 Å². The van der Waals surface area contributed by atoms with Crippen molar-refractivity contribution < 1.29 is 28.9 Å². The number of aliphatic hydroxyl groups is 1. The summed E-state index contributed by atoms with van der Waals surface area (Å²) in [6.45, 7) is 2.08. The lowest BCUT2D eigenvalue weighted by atomic mass is 9.95. The van der Waals surface area contributed by atoms with Crippen molar-refractivity contribution in [3.63, 3.8) is 0 Å². The molecule has 0 aromatic heterocycles. The number of Topliss-reactive ketones (excluding diaryl/α,β-unsaturated/α-hetero) is 1. The van der Waals surface area contributed by atoms with Crippen LogP contribution in [0.5, 0.6) is 11.5 Å². The van der Waals surface area contributed by atoms with Crippen molar-refractivity contribution in [1.29, 1.82) is 0 Å². The van der Waals surface area contributed by atoms with Crippen LogP contribution >= 0.6 is 23.2 Å². The number of aliphatic hydroxyl groups excluding tert-OH is 1. The SMILES string of the molecule is CCOc1cc(/C(O)=C2/C(=O)C(=O)N(Cc3ccc(F)cc3)C2c2ccc(O)c(Cl)c2)ccc1Cl. The van der Waals surface area contributed by atoms with Crippen molar-refractivity contribution in [2.75, 3.05) is 6.61 Å². The molecule has 35 heavy (non-hydrogen) atoms. The van der Waals surface area contributed by atoms with Gasteiger partial charge in [-0.2, -0.15) is 0 Å². The van der Waals surface area contributed by atoms with Gasteiger partial charge in [-0.3, -0.25) is 9.59 Å². The molecule has 9 heteroatoms. The predicted molar refractivity (Wildman–Crippen MR) is 130 cm³/mol. The number of hydrogen-bond donors (Lipinski definition) is 2. The smallest absolute Gasteiger partial charge is 0.295 e. The maximum absolute atomic E-state index is 13.4. The van der Waals surface area contributed by atoms with Gasteiger partial charge in [0.05, 0.1) is 28.3 Å². The summed E-state index contributed by atoms with van der Waals surface area (Å²) in [5.74, 6) is -2.47. The molecule has 6 nitrogen and oxygen atoms in total. The number of hydrogen-bond acceptors (Lipinski definition) is 5. The lowest BCUT2D eigenvalue weighted by molar-refractivity contribution is -0.140. The highest BCUT2D eigenvalue weighted by molar-refractivity contribution is 6.46. The van der Waals surface area contributed by atoms with Crippen LogP contribution in [0, 0.1) is 5.82 Å². The number of nitrogens with zero attached hydrogens (tertiary/aromatic N) is 1. The molecule has 1 amide bonds. The fourth-order valence-electron chi connectivity index (χ4n) is 3.94. The number of halogens is 3. The Balaban J connectivity index is 1.87. The summed E-state index contributed by atoms with van der Waals surface area (Å²) < 4.78 is 18.9. The molecular weight excluding hydrogens is 496 g/mol. The second-order valence-electron chi connectivity index (χ2n) is 7.84. The number of phenols is 1. The van der Waals surface area contributed by atoms with E-state index in [4.69, 9.17) is 27.9 Å². The van der Waals surface area contributed by atoms with E-state index in [1.165, 1.54) is 65.6 Å². The van der Waals surface area contributed by atoms with E-state index in [1.54, 1.807) is 6.92 Å². The first kappa shape index (κ1) is 24.6.